The number of ether oxygens (including phenoxy) is 1. The van der Waals surface area contributed by atoms with Crippen molar-refractivity contribution in [3.63, 3.8) is 0 Å². The molecule has 2 aromatic heterocycles. The Labute approximate surface area is 198 Å². The van der Waals surface area contributed by atoms with E-state index in [1.807, 2.05) is 31.2 Å². The maximum Gasteiger partial charge on any atom is 0.274 e. The molecular weight excluding hydrogens is 467 g/mol. The average molecular weight is 485 g/mol. The van der Waals surface area contributed by atoms with Crippen LogP contribution in [-0.2, 0) is 6.54 Å². The zero-order valence-electron chi connectivity index (χ0n) is 17.6. The minimum Gasteiger partial charge on any atom is -0.504 e. The maximum atomic E-state index is 13.4. The summed E-state index contributed by atoms with van der Waals surface area (Å²) in [6, 6.07) is 11.9. The highest BCUT2D eigenvalue weighted by Crippen LogP contribution is 2.31. The zero-order chi connectivity index (χ0) is 23.7. The van der Waals surface area contributed by atoms with Crippen LogP contribution in [0.25, 0.3) is 10.9 Å². The molecule has 4 aromatic rings. The van der Waals surface area contributed by atoms with Crippen LogP contribution in [0, 0.1) is 6.92 Å². The quantitative estimate of drug-likeness (QED) is 0.406. The van der Waals surface area contributed by atoms with Crippen molar-refractivity contribution in [2.24, 2.45) is 0 Å². The molecule has 0 radical (unpaired) electrons. The molecule has 10 heteroatoms. The summed E-state index contributed by atoms with van der Waals surface area (Å²) in [7, 11) is 1.56. The van der Waals surface area contributed by atoms with Crippen LogP contribution in [0.15, 0.2) is 53.6 Å². The van der Waals surface area contributed by atoms with Gasteiger partial charge in [-0.15, -0.1) is 0 Å². The first kappa shape index (κ1) is 22.6. The van der Waals surface area contributed by atoms with E-state index < -0.39 is 11.7 Å². The monoisotopic (exact) mass is 484 g/mol. The third kappa shape index (κ3) is 4.35. The van der Waals surface area contributed by atoms with Crippen LogP contribution in [0.5, 0.6) is 11.5 Å². The molecule has 0 fully saturated rings. The largest absolute Gasteiger partial charge is 0.504 e. The van der Waals surface area contributed by atoms with E-state index in [9.17, 15) is 14.7 Å². The first-order valence-corrected chi connectivity index (χ1v) is 10.5. The lowest BCUT2D eigenvalue weighted by Crippen LogP contribution is -2.24. The second kappa shape index (κ2) is 9.09. The number of fused-ring (bicyclic) bond motifs is 1. The number of aromatic nitrogens is 3. The van der Waals surface area contributed by atoms with E-state index in [2.05, 4.69) is 15.3 Å². The summed E-state index contributed by atoms with van der Waals surface area (Å²) in [5.41, 5.74) is 1.85. The van der Waals surface area contributed by atoms with Crippen molar-refractivity contribution in [2.75, 3.05) is 12.4 Å². The Hall–Kier alpha value is -3.62. The number of rotatable bonds is 5. The molecule has 33 heavy (non-hydrogen) atoms. The molecule has 0 aliphatic heterocycles. The summed E-state index contributed by atoms with van der Waals surface area (Å²) in [5, 5.41) is 12.2. The molecule has 0 aliphatic rings. The second-order valence-corrected chi connectivity index (χ2v) is 7.99. The van der Waals surface area contributed by atoms with Crippen molar-refractivity contribution < 1.29 is 14.6 Å². The zero-order valence-corrected chi connectivity index (χ0v) is 19.1. The lowest BCUT2D eigenvalue weighted by molar-refractivity contribution is 0.102. The normalized spacial score (nSPS) is 10.9. The van der Waals surface area contributed by atoms with Crippen LogP contribution in [0.1, 0.15) is 21.6 Å². The Morgan fingerprint density at radius 3 is 2.70 bits per heavy atom. The SMILES string of the molecule is COc1ccccc1Cn1cnc2c(C)ccc(NC(=O)c3cc(Cl)c(O)c(Cl)n3)c2c1=O. The number of amides is 1. The number of benzene rings is 2. The van der Waals surface area contributed by atoms with Crippen LogP contribution in [-0.4, -0.2) is 32.7 Å². The Balaban J connectivity index is 1.78. The number of pyridine rings is 1. The van der Waals surface area contributed by atoms with E-state index >= 15 is 0 Å². The molecule has 0 aliphatic carbocycles. The van der Waals surface area contributed by atoms with E-state index in [1.54, 1.807) is 19.2 Å². The highest BCUT2D eigenvalue weighted by atomic mass is 35.5. The van der Waals surface area contributed by atoms with Crippen LogP contribution in [0.4, 0.5) is 5.69 Å². The van der Waals surface area contributed by atoms with Crippen LogP contribution >= 0.6 is 23.2 Å². The molecule has 8 nitrogen and oxygen atoms in total. The number of anilines is 1. The second-order valence-electron chi connectivity index (χ2n) is 7.23. The number of hydrogen-bond donors (Lipinski definition) is 2. The molecule has 0 unspecified atom stereocenters. The lowest BCUT2D eigenvalue weighted by atomic mass is 10.1. The number of aromatic hydroxyl groups is 1. The van der Waals surface area contributed by atoms with Crippen molar-refractivity contribution >= 4 is 45.7 Å². The number of nitrogens with one attached hydrogen (secondary N) is 1. The number of nitrogens with zero attached hydrogens (tertiary/aromatic N) is 3. The average Bonchev–Trinajstić information content (AvgIpc) is 2.80. The van der Waals surface area contributed by atoms with Crippen molar-refractivity contribution in [3.8, 4) is 11.5 Å². The van der Waals surface area contributed by atoms with Crippen LogP contribution < -0.4 is 15.6 Å². The van der Waals surface area contributed by atoms with Gasteiger partial charge in [0.15, 0.2) is 10.9 Å². The van der Waals surface area contributed by atoms with E-state index in [0.29, 0.717) is 11.3 Å². The standard InChI is InChI=1S/C23H18Cl2N4O4/c1-12-7-8-15(28-22(31)16-9-14(24)20(30)21(25)27-16)18-19(12)26-11-29(23(18)32)10-13-5-3-4-6-17(13)33-2/h3-9,11,30H,10H2,1-2H3,(H,28,31). The van der Waals surface area contributed by atoms with Gasteiger partial charge in [0.25, 0.3) is 11.5 Å². The topological polar surface area (TPSA) is 106 Å². The highest BCUT2D eigenvalue weighted by Gasteiger charge is 2.18. The van der Waals surface area contributed by atoms with Gasteiger partial charge < -0.3 is 15.2 Å². The van der Waals surface area contributed by atoms with Crippen molar-refractivity contribution in [2.45, 2.75) is 13.5 Å². The lowest BCUT2D eigenvalue weighted by Gasteiger charge is -2.14. The van der Waals surface area contributed by atoms with Gasteiger partial charge in [0, 0.05) is 5.56 Å². The van der Waals surface area contributed by atoms with E-state index in [-0.39, 0.29) is 39.0 Å². The predicted octanol–water partition coefficient (Wildman–Crippen LogP) is 4.42. The Morgan fingerprint density at radius 1 is 1.21 bits per heavy atom. The van der Waals surface area contributed by atoms with Crippen molar-refractivity contribution in [1.29, 1.82) is 0 Å². The fourth-order valence-electron chi connectivity index (χ4n) is 3.42. The number of hydrogen-bond acceptors (Lipinski definition) is 6. The van der Waals surface area contributed by atoms with Crippen molar-refractivity contribution in [1.82, 2.24) is 14.5 Å². The van der Waals surface area contributed by atoms with Gasteiger partial charge in [-0.05, 0) is 30.7 Å². The van der Waals surface area contributed by atoms with Gasteiger partial charge >= 0.3 is 0 Å². The minimum absolute atomic E-state index is 0.116. The van der Waals surface area contributed by atoms with Crippen molar-refractivity contribution in [3.05, 3.63) is 86.1 Å². The van der Waals surface area contributed by atoms with Gasteiger partial charge in [-0.25, -0.2) is 9.97 Å². The fraction of sp³-hybridized carbons (Fsp3) is 0.130. The van der Waals surface area contributed by atoms with Gasteiger partial charge in [0.2, 0.25) is 0 Å². The smallest absolute Gasteiger partial charge is 0.274 e. The molecule has 1 amide bonds. The highest BCUT2D eigenvalue weighted by molar-refractivity contribution is 6.36. The molecule has 2 heterocycles. The molecule has 168 valence electrons. The Bertz CT molecular complexity index is 1430. The van der Waals surface area contributed by atoms with Crippen LogP contribution in [0.3, 0.4) is 0 Å². The summed E-state index contributed by atoms with van der Waals surface area (Å²) in [4.78, 5) is 34.5. The number of para-hydroxylation sites is 1. The summed E-state index contributed by atoms with van der Waals surface area (Å²) in [5.74, 6) is -0.419. The number of methoxy groups -OCH3 is 1. The van der Waals surface area contributed by atoms with E-state index in [1.165, 1.54) is 17.0 Å². The van der Waals surface area contributed by atoms with Gasteiger partial charge in [-0.3, -0.25) is 14.2 Å². The molecule has 2 aromatic carbocycles. The summed E-state index contributed by atoms with van der Waals surface area (Å²) >= 11 is 11.7. The molecule has 0 saturated carbocycles. The summed E-state index contributed by atoms with van der Waals surface area (Å²) < 4.78 is 6.82. The number of aryl methyl sites for hydroxylation is 1. The predicted molar refractivity (Wildman–Crippen MR) is 127 cm³/mol. The maximum absolute atomic E-state index is 13.4. The van der Waals surface area contributed by atoms with E-state index in [0.717, 1.165) is 11.1 Å². The molecule has 0 saturated heterocycles. The molecule has 0 atom stereocenters. The Morgan fingerprint density at radius 2 is 1.97 bits per heavy atom. The summed E-state index contributed by atoms with van der Waals surface area (Å²) in [6.45, 7) is 2.06. The van der Waals surface area contributed by atoms with Gasteiger partial charge in [0.1, 0.15) is 11.4 Å². The molecular formula is C23H18Cl2N4O4. The molecule has 2 N–H and O–H groups in total. The number of carbonyl (C=O) groups is 1. The number of halogens is 2. The third-order valence-electron chi connectivity index (χ3n) is 5.10. The molecule has 0 spiro atoms. The minimum atomic E-state index is -0.650. The molecule has 0 bridgehead atoms. The summed E-state index contributed by atoms with van der Waals surface area (Å²) in [6.07, 6.45) is 1.47. The van der Waals surface area contributed by atoms with Gasteiger partial charge in [0.05, 0.1) is 41.6 Å². The van der Waals surface area contributed by atoms with Crippen LogP contribution in [0.2, 0.25) is 10.2 Å². The van der Waals surface area contributed by atoms with Gasteiger partial charge in [-0.1, -0.05) is 47.5 Å². The van der Waals surface area contributed by atoms with E-state index in [4.69, 9.17) is 27.9 Å². The van der Waals surface area contributed by atoms with Gasteiger partial charge in [-0.2, -0.15) is 0 Å². The Kier molecular flexibility index (Phi) is 6.22. The fourth-order valence-corrected chi connectivity index (χ4v) is 3.85. The number of carbonyl (C=O) groups excluding carboxylic acids is 1. The molecule has 4 rings (SSSR count). The first-order valence-electron chi connectivity index (χ1n) is 9.77. The third-order valence-corrected chi connectivity index (χ3v) is 5.65. The first-order chi connectivity index (χ1) is 15.8.